The fraction of sp³-hybridized carbons (Fsp3) is 0.0385. The molecule has 0 fully saturated rings. The van der Waals surface area contributed by atoms with Gasteiger partial charge in [-0.15, -0.1) is 0 Å². The third-order valence-electron chi connectivity index (χ3n) is 5.16. The molecular weight excluding hydrogens is 402 g/mol. The van der Waals surface area contributed by atoms with Gasteiger partial charge in [0.15, 0.2) is 6.61 Å². The molecule has 4 aromatic carbocycles. The van der Waals surface area contributed by atoms with Crippen molar-refractivity contribution in [2.45, 2.75) is 0 Å². The molecule has 0 radical (unpaired) electrons. The number of aromatic nitrogens is 2. The smallest absolute Gasteiger partial charge is 0.338 e. The lowest BCUT2D eigenvalue weighted by molar-refractivity contribution is -0.119. The molecule has 0 aliphatic heterocycles. The number of anilines is 1. The topological polar surface area (TPSA) is 84.1 Å². The highest BCUT2D eigenvalue weighted by Gasteiger charge is 2.13. The Balaban J connectivity index is 1.27. The SMILES string of the molecule is O=C(COC(=O)c1ccc2nc(-c3ccccc3)[nH]c2c1)Nc1cccc2ccccc12. The van der Waals surface area contributed by atoms with E-state index in [0.29, 0.717) is 11.3 Å². The van der Waals surface area contributed by atoms with Crippen LogP contribution in [0.2, 0.25) is 0 Å². The van der Waals surface area contributed by atoms with Crippen LogP contribution >= 0.6 is 0 Å². The third kappa shape index (κ3) is 3.94. The van der Waals surface area contributed by atoms with Crippen molar-refractivity contribution in [2.24, 2.45) is 0 Å². The van der Waals surface area contributed by atoms with Crippen LogP contribution in [0.25, 0.3) is 33.2 Å². The average molecular weight is 421 g/mol. The van der Waals surface area contributed by atoms with E-state index in [-0.39, 0.29) is 6.61 Å². The number of fused-ring (bicyclic) bond motifs is 2. The number of H-pyrrole nitrogens is 1. The molecule has 0 unspecified atom stereocenters. The molecule has 6 nitrogen and oxygen atoms in total. The molecule has 5 aromatic rings. The number of nitrogens with zero attached hydrogens (tertiary/aromatic N) is 1. The Morgan fingerprint density at radius 3 is 2.53 bits per heavy atom. The molecule has 0 atom stereocenters. The number of hydrogen-bond donors (Lipinski definition) is 2. The molecule has 156 valence electrons. The predicted molar refractivity (Wildman–Crippen MR) is 124 cm³/mol. The highest BCUT2D eigenvalue weighted by Crippen LogP contribution is 2.23. The van der Waals surface area contributed by atoms with Crippen LogP contribution in [0.3, 0.4) is 0 Å². The number of amides is 1. The summed E-state index contributed by atoms with van der Waals surface area (Å²) in [6, 6.07) is 28.2. The van der Waals surface area contributed by atoms with Crippen LogP contribution in [0.4, 0.5) is 5.69 Å². The Morgan fingerprint density at radius 2 is 1.66 bits per heavy atom. The van der Waals surface area contributed by atoms with Crippen molar-refractivity contribution in [3.8, 4) is 11.4 Å². The summed E-state index contributed by atoms with van der Waals surface area (Å²) in [5.74, 6) is -0.250. The zero-order valence-corrected chi connectivity index (χ0v) is 17.0. The zero-order chi connectivity index (χ0) is 21.9. The Hall–Kier alpha value is -4.45. The second-order valence-electron chi connectivity index (χ2n) is 7.33. The number of carbonyl (C=O) groups excluding carboxylic acids is 2. The van der Waals surface area contributed by atoms with E-state index in [0.717, 1.165) is 33.2 Å². The fourth-order valence-electron chi connectivity index (χ4n) is 3.60. The molecule has 0 spiro atoms. The number of rotatable bonds is 5. The first-order chi connectivity index (χ1) is 15.7. The Kier molecular flexibility index (Phi) is 5.09. The minimum atomic E-state index is -0.573. The molecule has 2 N–H and O–H groups in total. The predicted octanol–water partition coefficient (Wildman–Crippen LogP) is 5.18. The summed E-state index contributed by atoms with van der Waals surface area (Å²) in [6.45, 7) is -0.377. The van der Waals surface area contributed by atoms with Crippen molar-refractivity contribution in [1.82, 2.24) is 9.97 Å². The first kappa shape index (κ1) is 19.5. The maximum absolute atomic E-state index is 12.5. The van der Waals surface area contributed by atoms with E-state index in [1.807, 2.05) is 72.8 Å². The first-order valence-electron chi connectivity index (χ1n) is 10.2. The number of nitrogens with one attached hydrogen (secondary N) is 2. The molecule has 5 rings (SSSR count). The molecule has 1 heterocycles. The van der Waals surface area contributed by atoms with Gasteiger partial charge in [0.2, 0.25) is 0 Å². The van der Waals surface area contributed by atoms with Crippen LogP contribution in [-0.2, 0) is 9.53 Å². The van der Waals surface area contributed by atoms with Gasteiger partial charge in [-0.1, -0.05) is 66.7 Å². The highest BCUT2D eigenvalue weighted by molar-refractivity contribution is 6.03. The van der Waals surface area contributed by atoms with Crippen LogP contribution in [-0.4, -0.2) is 28.5 Å². The summed E-state index contributed by atoms with van der Waals surface area (Å²) >= 11 is 0. The van der Waals surface area contributed by atoms with Crippen LogP contribution in [0.5, 0.6) is 0 Å². The van der Waals surface area contributed by atoms with Crippen LogP contribution in [0.15, 0.2) is 91.0 Å². The highest BCUT2D eigenvalue weighted by atomic mass is 16.5. The Labute approximate surface area is 183 Å². The standard InChI is InChI=1S/C26H19N3O3/c30-24(27-21-12-6-10-17-7-4-5-11-20(17)21)16-32-26(31)19-13-14-22-23(15-19)29-25(28-22)18-8-2-1-3-9-18/h1-15H,16H2,(H,27,30)(H,28,29). The lowest BCUT2D eigenvalue weighted by atomic mass is 10.1. The molecule has 0 saturated carbocycles. The van der Waals surface area contributed by atoms with E-state index in [2.05, 4.69) is 15.3 Å². The summed E-state index contributed by atoms with van der Waals surface area (Å²) in [4.78, 5) is 32.6. The molecule has 0 saturated heterocycles. The number of ether oxygens (including phenoxy) is 1. The fourth-order valence-corrected chi connectivity index (χ4v) is 3.60. The zero-order valence-electron chi connectivity index (χ0n) is 17.0. The van der Waals surface area contributed by atoms with E-state index in [1.165, 1.54) is 0 Å². The number of esters is 1. The average Bonchev–Trinajstić information content (AvgIpc) is 3.27. The van der Waals surface area contributed by atoms with Gasteiger partial charge < -0.3 is 15.0 Å². The number of imidazole rings is 1. The van der Waals surface area contributed by atoms with E-state index < -0.39 is 11.9 Å². The van der Waals surface area contributed by atoms with Gasteiger partial charge in [-0.05, 0) is 29.7 Å². The molecule has 6 heteroatoms. The van der Waals surface area contributed by atoms with Crippen molar-refractivity contribution in [3.63, 3.8) is 0 Å². The summed E-state index contributed by atoms with van der Waals surface area (Å²) in [5, 5.41) is 4.75. The lowest BCUT2D eigenvalue weighted by Gasteiger charge is -2.09. The van der Waals surface area contributed by atoms with E-state index in [4.69, 9.17) is 4.74 Å². The molecule has 1 aromatic heterocycles. The number of aromatic amines is 1. The third-order valence-corrected chi connectivity index (χ3v) is 5.16. The minimum Gasteiger partial charge on any atom is -0.452 e. The Morgan fingerprint density at radius 1 is 0.875 bits per heavy atom. The van der Waals surface area contributed by atoms with Gasteiger partial charge >= 0.3 is 5.97 Å². The number of carbonyl (C=O) groups is 2. The Bertz CT molecular complexity index is 1440. The molecule has 1 amide bonds. The maximum atomic E-state index is 12.5. The van der Waals surface area contributed by atoms with Gasteiger partial charge in [0.1, 0.15) is 5.82 Å². The minimum absolute atomic E-state index is 0.346. The lowest BCUT2D eigenvalue weighted by Crippen LogP contribution is -2.21. The van der Waals surface area contributed by atoms with Crippen molar-refractivity contribution < 1.29 is 14.3 Å². The van der Waals surface area contributed by atoms with E-state index in [9.17, 15) is 9.59 Å². The van der Waals surface area contributed by atoms with Gasteiger partial charge in [0.25, 0.3) is 5.91 Å². The van der Waals surface area contributed by atoms with Crippen LogP contribution < -0.4 is 5.32 Å². The van der Waals surface area contributed by atoms with Gasteiger partial charge in [0.05, 0.1) is 16.6 Å². The van der Waals surface area contributed by atoms with E-state index >= 15 is 0 Å². The normalized spacial score (nSPS) is 10.9. The van der Waals surface area contributed by atoms with Gasteiger partial charge in [0, 0.05) is 16.6 Å². The first-order valence-corrected chi connectivity index (χ1v) is 10.2. The summed E-state index contributed by atoms with van der Waals surface area (Å²) in [6.07, 6.45) is 0. The summed E-state index contributed by atoms with van der Waals surface area (Å²) in [7, 11) is 0. The van der Waals surface area contributed by atoms with Crippen molar-refractivity contribution in [3.05, 3.63) is 96.6 Å². The molecule has 32 heavy (non-hydrogen) atoms. The quantitative estimate of drug-likeness (QED) is 0.383. The maximum Gasteiger partial charge on any atom is 0.338 e. The van der Waals surface area contributed by atoms with Crippen molar-refractivity contribution >= 4 is 39.4 Å². The summed E-state index contributed by atoms with van der Waals surface area (Å²) in [5.41, 5.74) is 3.45. The molecule has 0 aliphatic carbocycles. The van der Waals surface area contributed by atoms with Crippen LogP contribution in [0, 0.1) is 0 Å². The van der Waals surface area contributed by atoms with Gasteiger partial charge in [-0.3, -0.25) is 4.79 Å². The second-order valence-corrected chi connectivity index (χ2v) is 7.33. The second kappa shape index (κ2) is 8.35. The molecular formula is C26H19N3O3. The van der Waals surface area contributed by atoms with Gasteiger partial charge in [-0.25, -0.2) is 9.78 Å². The van der Waals surface area contributed by atoms with Crippen LogP contribution in [0.1, 0.15) is 10.4 Å². The van der Waals surface area contributed by atoms with E-state index in [1.54, 1.807) is 18.2 Å². The van der Waals surface area contributed by atoms with Crippen molar-refractivity contribution in [1.29, 1.82) is 0 Å². The largest absolute Gasteiger partial charge is 0.452 e. The number of hydrogen-bond acceptors (Lipinski definition) is 4. The van der Waals surface area contributed by atoms with Crippen molar-refractivity contribution in [2.75, 3.05) is 11.9 Å². The molecule has 0 aliphatic rings. The molecule has 0 bridgehead atoms. The summed E-state index contributed by atoms with van der Waals surface area (Å²) < 4.78 is 5.23. The monoisotopic (exact) mass is 421 g/mol. The van der Waals surface area contributed by atoms with Gasteiger partial charge in [-0.2, -0.15) is 0 Å². The number of benzene rings is 4.